The Labute approximate surface area is 194 Å². The summed E-state index contributed by atoms with van der Waals surface area (Å²) in [6.45, 7) is 4.43. The summed E-state index contributed by atoms with van der Waals surface area (Å²) in [5, 5.41) is 5.94. The Bertz CT molecular complexity index is 1060. The van der Waals surface area contributed by atoms with E-state index >= 15 is 0 Å². The Hall–Kier alpha value is -2.98. The number of carbonyl (C=O) groups is 1. The minimum Gasteiger partial charge on any atom is -0.497 e. The van der Waals surface area contributed by atoms with Gasteiger partial charge in [0.15, 0.2) is 0 Å². The topological polar surface area (TPSA) is 68.2 Å². The molecule has 0 fully saturated rings. The molecule has 0 aliphatic carbocycles. The number of imidazole rings is 1. The number of aromatic nitrogens is 2. The maximum absolute atomic E-state index is 12.7. The van der Waals surface area contributed by atoms with E-state index in [1.165, 1.54) is 24.3 Å². The monoisotopic (exact) mass is 478 g/mol. The minimum absolute atomic E-state index is 0.0570. The molecule has 0 aliphatic heterocycles. The molecular formula is C23H25F3N4O2S. The number of benzene rings is 2. The van der Waals surface area contributed by atoms with Gasteiger partial charge in [-0.05, 0) is 67.6 Å². The molecule has 1 aromatic heterocycles. The maximum Gasteiger partial charge on any atom is 0.446 e. The highest BCUT2D eigenvalue weighted by atomic mass is 32.2. The lowest BCUT2D eigenvalue weighted by atomic mass is 10.0. The van der Waals surface area contributed by atoms with Crippen molar-refractivity contribution in [2.45, 2.75) is 42.9 Å². The fourth-order valence-electron chi connectivity index (χ4n) is 2.99. The molecule has 176 valence electrons. The summed E-state index contributed by atoms with van der Waals surface area (Å²) in [4.78, 5) is 17.2. The SMILES string of the molecule is COc1ccc(Cn2ccnc2CNC(C)(C)C(=O)Nc2ccc(SC(F)(F)F)cc2)cc1. The summed E-state index contributed by atoms with van der Waals surface area (Å²) in [6, 6.07) is 13.3. The molecule has 2 aromatic carbocycles. The standard InChI is InChI=1S/C23H25F3N4O2S/c1-22(2,21(31)29-17-6-10-19(11-7-17)33-23(24,25)26)28-14-20-27-12-13-30(20)15-16-4-8-18(32-3)9-5-16/h4-13,28H,14-15H2,1-3H3,(H,29,31). The van der Waals surface area contributed by atoms with Gasteiger partial charge in [0.2, 0.25) is 5.91 Å². The van der Waals surface area contributed by atoms with E-state index < -0.39 is 11.0 Å². The number of hydrogen-bond acceptors (Lipinski definition) is 5. The van der Waals surface area contributed by atoms with Crippen LogP contribution in [0.25, 0.3) is 0 Å². The molecule has 10 heteroatoms. The number of carbonyl (C=O) groups excluding carboxylic acids is 1. The van der Waals surface area contributed by atoms with Crippen LogP contribution in [0.2, 0.25) is 0 Å². The van der Waals surface area contributed by atoms with E-state index in [0.717, 1.165) is 17.1 Å². The molecule has 33 heavy (non-hydrogen) atoms. The van der Waals surface area contributed by atoms with E-state index in [1.54, 1.807) is 27.2 Å². The number of methoxy groups -OCH3 is 1. The Morgan fingerprint density at radius 2 is 1.76 bits per heavy atom. The number of anilines is 1. The van der Waals surface area contributed by atoms with Crippen LogP contribution in [0.1, 0.15) is 25.2 Å². The molecule has 1 heterocycles. The number of nitrogens with one attached hydrogen (secondary N) is 2. The number of halogens is 3. The number of amides is 1. The van der Waals surface area contributed by atoms with Gasteiger partial charge < -0.3 is 14.6 Å². The molecule has 3 rings (SSSR count). The molecule has 0 saturated heterocycles. The van der Waals surface area contributed by atoms with Crippen molar-refractivity contribution in [1.82, 2.24) is 14.9 Å². The van der Waals surface area contributed by atoms with Crippen LogP contribution in [0.3, 0.4) is 0 Å². The van der Waals surface area contributed by atoms with Crippen molar-refractivity contribution in [3.63, 3.8) is 0 Å². The predicted octanol–water partition coefficient (Wildman–Crippen LogP) is 5.06. The molecule has 1 amide bonds. The Morgan fingerprint density at radius 1 is 1.09 bits per heavy atom. The fraction of sp³-hybridized carbons (Fsp3) is 0.304. The average molecular weight is 479 g/mol. The minimum atomic E-state index is -4.35. The zero-order valence-electron chi connectivity index (χ0n) is 18.4. The van der Waals surface area contributed by atoms with E-state index in [4.69, 9.17) is 4.74 Å². The summed E-state index contributed by atoms with van der Waals surface area (Å²) in [6.07, 6.45) is 3.57. The summed E-state index contributed by atoms with van der Waals surface area (Å²) in [5.41, 5.74) is -3.80. The number of hydrogen-bond donors (Lipinski definition) is 2. The van der Waals surface area contributed by atoms with Crippen molar-refractivity contribution < 1.29 is 22.7 Å². The number of nitrogens with zero attached hydrogens (tertiary/aromatic N) is 2. The van der Waals surface area contributed by atoms with Crippen LogP contribution in [0.15, 0.2) is 65.8 Å². The molecule has 0 radical (unpaired) electrons. The first-order valence-corrected chi connectivity index (χ1v) is 10.9. The van der Waals surface area contributed by atoms with Gasteiger partial charge in [0, 0.05) is 29.5 Å². The van der Waals surface area contributed by atoms with Gasteiger partial charge in [-0.15, -0.1) is 0 Å². The van der Waals surface area contributed by atoms with Gasteiger partial charge in [-0.2, -0.15) is 13.2 Å². The molecule has 2 N–H and O–H groups in total. The first-order valence-electron chi connectivity index (χ1n) is 10.1. The zero-order valence-corrected chi connectivity index (χ0v) is 19.3. The van der Waals surface area contributed by atoms with Gasteiger partial charge in [0.1, 0.15) is 11.6 Å². The van der Waals surface area contributed by atoms with Crippen LogP contribution in [0.5, 0.6) is 5.75 Å². The molecule has 6 nitrogen and oxygen atoms in total. The molecule has 0 aliphatic rings. The van der Waals surface area contributed by atoms with Crippen molar-refractivity contribution in [3.05, 3.63) is 72.3 Å². The zero-order chi connectivity index (χ0) is 24.1. The van der Waals surface area contributed by atoms with Crippen LogP contribution >= 0.6 is 11.8 Å². The quantitative estimate of drug-likeness (QED) is 0.421. The van der Waals surface area contributed by atoms with E-state index in [0.29, 0.717) is 18.8 Å². The third-order valence-electron chi connectivity index (χ3n) is 4.92. The van der Waals surface area contributed by atoms with Crippen molar-refractivity contribution in [2.24, 2.45) is 0 Å². The molecule has 0 spiro atoms. The highest BCUT2D eigenvalue weighted by molar-refractivity contribution is 8.00. The molecule has 0 atom stereocenters. The van der Waals surface area contributed by atoms with Gasteiger partial charge in [-0.25, -0.2) is 4.98 Å². The Morgan fingerprint density at radius 3 is 2.36 bits per heavy atom. The lowest BCUT2D eigenvalue weighted by Crippen LogP contribution is -2.49. The first-order chi connectivity index (χ1) is 15.6. The highest BCUT2D eigenvalue weighted by Gasteiger charge is 2.30. The average Bonchev–Trinajstić information content (AvgIpc) is 3.20. The Kier molecular flexibility index (Phi) is 7.70. The third-order valence-corrected chi connectivity index (χ3v) is 5.65. The van der Waals surface area contributed by atoms with Gasteiger partial charge in [0.05, 0.1) is 19.2 Å². The molecule has 0 bridgehead atoms. The summed E-state index contributed by atoms with van der Waals surface area (Å²) < 4.78 is 44.6. The second-order valence-corrected chi connectivity index (χ2v) is 8.96. The van der Waals surface area contributed by atoms with Crippen LogP contribution in [0, 0.1) is 0 Å². The van der Waals surface area contributed by atoms with Crippen molar-refractivity contribution in [1.29, 1.82) is 0 Å². The number of alkyl halides is 3. The first kappa shape index (κ1) is 24.7. The van der Waals surface area contributed by atoms with Gasteiger partial charge in [-0.3, -0.25) is 10.1 Å². The van der Waals surface area contributed by atoms with Crippen LogP contribution in [-0.4, -0.2) is 33.6 Å². The van der Waals surface area contributed by atoms with Crippen LogP contribution in [-0.2, 0) is 17.9 Å². The number of ether oxygens (including phenoxy) is 1. The van der Waals surface area contributed by atoms with Gasteiger partial charge in [0.25, 0.3) is 0 Å². The van der Waals surface area contributed by atoms with Gasteiger partial charge in [-0.1, -0.05) is 12.1 Å². The van der Waals surface area contributed by atoms with Crippen LogP contribution < -0.4 is 15.4 Å². The summed E-state index contributed by atoms with van der Waals surface area (Å²) in [7, 11) is 1.62. The Balaban J connectivity index is 1.57. The normalized spacial score (nSPS) is 11.9. The highest BCUT2D eigenvalue weighted by Crippen LogP contribution is 2.37. The van der Waals surface area contributed by atoms with E-state index in [1.807, 2.05) is 35.0 Å². The lowest BCUT2D eigenvalue weighted by molar-refractivity contribution is -0.121. The molecular weight excluding hydrogens is 453 g/mol. The summed E-state index contributed by atoms with van der Waals surface area (Å²) >= 11 is -0.197. The molecule has 0 saturated carbocycles. The second-order valence-electron chi connectivity index (χ2n) is 7.82. The van der Waals surface area contributed by atoms with Crippen molar-refractivity contribution in [2.75, 3.05) is 12.4 Å². The lowest BCUT2D eigenvalue weighted by Gasteiger charge is -2.25. The largest absolute Gasteiger partial charge is 0.497 e. The van der Waals surface area contributed by atoms with E-state index in [9.17, 15) is 18.0 Å². The van der Waals surface area contributed by atoms with Gasteiger partial charge >= 0.3 is 5.51 Å². The fourth-order valence-corrected chi connectivity index (χ4v) is 3.53. The van der Waals surface area contributed by atoms with E-state index in [2.05, 4.69) is 15.6 Å². The summed E-state index contributed by atoms with van der Waals surface area (Å²) in [5.74, 6) is 1.24. The van der Waals surface area contributed by atoms with Crippen molar-refractivity contribution >= 4 is 23.4 Å². The maximum atomic E-state index is 12.7. The van der Waals surface area contributed by atoms with Crippen molar-refractivity contribution in [3.8, 4) is 5.75 Å². The molecule has 3 aromatic rings. The number of thioether (sulfide) groups is 1. The second kappa shape index (κ2) is 10.3. The smallest absolute Gasteiger partial charge is 0.446 e. The third kappa shape index (κ3) is 7.26. The number of rotatable bonds is 9. The predicted molar refractivity (Wildman–Crippen MR) is 122 cm³/mol. The van der Waals surface area contributed by atoms with E-state index in [-0.39, 0.29) is 22.6 Å². The molecule has 0 unspecified atom stereocenters. The van der Waals surface area contributed by atoms with Crippen LogP contribution in [0.4, 0.5) is 18.9 Å².